The standard InChI is InChI=1S/C17H14ClFN2O2S2/c1-24-11-17(18,10-20)15(22)9-25-14-4-2-3-13(7-14)23-16-6-5-12(19)8-21-16/h2-8H,9,11H2,1H3. The third-order valence-electron chi connectivity index (χ3n) is 3.06. The molecule has 25 heavy (non-hydrogen) atoms. The van der Waals surface area contributed by atoms with Crippen molar-refractivity contribution in [1.82, 2.24) is 4.98 Å². The summed E-state index contributed by atoms with van der Waals surface area (Å²) < 4.78 is 18.4. The lowest BCUT2D eigenvalue weighted by molar-refractivity contribution is -0.117. The molecule has 0 amide bonds. The van der Waals surface area contributed by atoms with Crippen molar-refractivity contribution in [2.24, 2.45) is 0 Å². The Morgan fingerprint density at radius 1 is 1.44 bits per heavy atom. The van der Waals surface area contributed by atoms with E-state index in [1.807, 2.05) is 12.1 Å². The van der Waals surface area contributed by atoms with Crippen molar-refractivity contribution >= 4 is 40.9 Å². The number of pyridine rings is 1. The van der Waals surface area contributed by atoms with Crippen LogP contribution in [-0.4, -0.2) is 33.4 Å². The highest BCUT2D eigenvalue weighted by Crippen LogP contribution is 2.29. The molecule has 0 bridgehead atoms. The lowest BCUT2D eigenvalue weighted by atomic mass is 10.1. The van der Waals surface area contributed by atoms with Crippen LogP contribution in [-0.2, 0) is 4.79 Å². The van der Waals surface area contributed by atoms with E-state index in [1.54, 1.807) is 24.5 Å². The number of halogens is 2. The number of hydrogen-bond donors (Lipinski definition) is 0. The van der Waals surface area contributed by atoms with Gasteiger partial charge in [-0.15, -0.1) is 11.8 Å². The maximum atomic E-state index is 12.9. The molecule has 1 unspecified atom stereocenters. The molecule has 130 valence electrons. The van der Waals surface area contributed by atoms with E-state index in [0.29, 0.717) is 5.75 Å². The Morgan fingerprint density at radius 3 is 2.88 bits per heavy atom. The van der Waals surface area contributed by atoms with Gasteiger partial charge in [0.15, 0.2) is 10.7 Å². The van der Waals surface area contributed by atoms with Crippen LogP contribution in [0.5, 0.6) is 11.6 Å². The molecule has 1 heterocycles. The smallest absolute Gasteiger partial charge is 0.219 e. The summed E-state index contributed by atoms with van der Waals surface area (Å²) in [6.07, 6.45) is 2.86. The second-order valence-electron chi connectivity index (χ2n) is 4.95. The molecule has 2 rings (SSSR count). The normalized spacial score (nSPS) is 12.9. The van der Waals surface area contributed by atoms with Gasteiger partial charge in [-0.2, -0.15) is 17.0 Å². The molecule has 0 radical (unpaired) electrons. The molecule has 2 aromatic rings. The van der Waals surface area contributed by atoms with E-state index in [2.05, 4.69) is 4.98 Å². The lowest BCUT2D eigenvalue weighted by Crippen LogP contribution is -2.35. The first-order valence-electron chi connectivity index (χ1n) is 7.11. The van der Waals surface area contributed by atoms with Gasteiger partial charge in [0, 0.05) is 16.7 Å². The highest BCUT2D eigenvalue weighted by molar-refractivity contribution is 8.00. The predicted molar refractivity (Wildman–Crippen MR) is 99.0 cm³/mol. The SMILES string of the molecule is CSCC(Cl)(C#N)C(=O)CSc1cccc(Oc2ccc(F)cn2)c1. The van der Waals surface area contributed by atoms with Gasteiger partial charge in [0.1, 0.15) is 11.6 Å². The summed E-state index contributed by atoms with van der Waals surface area (Å²) in [6, 6.07) is 11.6. The predicted octanol–water partition coefficient (Wildman–Crippen LogP) is 4.54. The summed E-state index contributed by atoms with van der Waals surface area (Å²) in [5.41, 5.74) is 0. The minimum Gasteiger partial charge on any atom is -0.439 e. The molecule has 0 fully saturated rings. The molecule has 1 aromatic carbocycles. The minimum absolute atomic E-state index is 0.0792. The molecule has 0 aliphatic carbocycles. The summed E-state index contributed by atoms with van der Waals surface area (Å²) in [5.74, 6) is 0.326. The van der Waals surface area contributed by atoms with Crippen molar-refractivity contribution in [3.05, 3.63) is 48.4 Å². The monoisotopic (exact) mass is 396 g/mol. The maximum Gasteiger partial charge on any atom is 0.219 e. The number of carbonyl (C=O) groups excluding carboxylic acids is 1. The lowest BCUT2D eigenvalue weighted by Gasteiger charge is -2.15. The summed E-state index contributed by atoms with van der Waals surface area (Å²) in [5, 5.41) is 9.13. The van der Waals surface area contributed by atoms with Crippen LogP contribution < -0.4 is 4.74 Å². The summed E-state index contributed by atoms with van der Waals surface area (Å²) in [6.45, 7) is 0. The van der Waals surface area contributed by atoms with Crippen LogP contribution in [0.4, 0.5) is 4.39 Å². The molecule has 0 aliphatic heterocycles. The molecule has 0 spiro atoms. The van der Waals surface area contributed by atoms with Gasteiger partial charge in [0.25, 0.3) is 0 Å². The van der Waals surface area contributed by atoms with E-state index < -0.39 is 10.7 Å². The summed E-state index contributed by atoms with van der Waals surface area (Å²) in [7, 11) is 0. The van der Waals surface area contributed by atoms with E-state index in [0.717, 1.165) is 11.1 Å². The van der Waals surface area contributed by atoms with E-state index >= 15 is 0 Å². The van der Waals surface area contributed by atoms with Gasteiger partial charge in [0.2, 0.25) is 5.88 Å². The van der Waals surface area contributed by atoms with Crippen molar-refractivity contribution in [2.45, 2.75) is 9.77 Å². The number of Topliss-reactive ketones (excluding diaryl/α,β-unsaturated/α-hetero) is 1. The third kappa shape index (κ3) is 5.63. The zero-order valence-electron chi connectivity index (χ0n) is 13.2. The molecule has 1 atom stereocenters. The first kappa shape index (κ1) is 19.6. The largest absolute Gasteiger partial charge is 0.439 e. The van der Waals surface area contributed by atoms with Crippen molar-refractivity contribution in [1.29, 1.82) is 5.26 Å². The number of hydrogen-bond acceptors (Lipinski definition) is 6. The molecule has 1 aromatic heterocycles. The number of rotatable bonds is 8. The zero-order chi connectivity index (χ0) is 18.3. The molecule has 4 nitrogen and oxygen atoms in total. The van der Waals surface area contributed by atoms with Crippen molar-refractivity contribution in [3.63, 3.8) is 0 Å². The first-order valence-corrected chi connectivity index (χ1v) is 9.87. The fourth-order valence-corrected chi connectivity index (χ4v) is 3.82. The third-order valence-corrected chi connectivity index (χ3v) is 5.36. The number of nitriles is 1. The quantitative estimate of drug-likeness (QED) is 0.482. The molecule has 0 N–H and O–H groups in total. The number of alkyl halides is 1. The van der Waals surface area contributed by atoms with E-state index in [4.69, 9.17) is 21.6 Å². The fourth-order valence-electron chi connectivity index (χ4n) is 1.81. The Balaban J connectivity index is 2.00. The summed E-state index contributed by atoms with van der Waals surface area (Å²) >= 11 is 8.70. The van der Waals surface area contributed by atoms with Crippen LogP contribution in [0.3, 0.4) is 0 Å². The average Bonchev–Trinajstić information content (AvgIpc) is 2.62. The Bertz CT molecular complexity index is 783. The van der Waals surface area contributed by atoms with Crippen molar-refractivity contribution in [2.75, 3.05) is 17.8 Å². The highest BCUT2D eigenvalue weighted by Gasteiger charge is 2.35. The number of ketones is 1. The second-order valence-corrected chi connectivity index (χ2v) is 7.51. The van der Waals surface area contributed by atoms with Gasteiger partial charge in [-0.05, 0) is 30.5 Å². The van der Waals surface area contributed by atoms with Gasteiger partial charge in [-0.3, -0.25) is 4.79 Å². The molecule has 0 saturated carbocycles. The number of thioether (sulfide) groups is 2. The highest BCUT2D eigenvalue weighted by atomic mass is 35.5. The van der Waals surface area contributed by atoms with Crippen LogP contribution in [0.25, 0.3) is 0 Å². The zero-order valence-corrected chi connectivity index (χ0v) is 15.6. The molecular formula is C17H14ClFN2O2S2. The molecular weight excluding hydrogens is 383 g/mol. The Hall–Kier alpha value is -1.75. The van der Waals surface area contributed by atoms with E-state index in [9.17, 15) is 9.18 Å². The fraction of sp³-hybridized carbons (Fsp3) is 0.235. The number of nitrogens with zero attached hydrogens (tertiary/aromatic N) is 2. The van der Waals surface area contributed by atoms with Crippen molar-refractivity contribution < 1.29 is 13.9 Å². The van der Waals surface area contributed by atoms with Gasteiger partial charge < -0.3 is 4.74 Å². The maximum absolute atomic E-state index is 12.9. The van der Waals surface area contributed by atoms with Gasteiger partial charge >= 0.3 is 0 Å². The molecule has 0 saturated heterocycles. The van der Waals surface area contributed by atoms with Crippen molar-refractivity contribution in [3.8, 4) is 17.7 Å². The van der Waals surface area contributed by atoms with E-state index in [1.165, 1.54) is 35.7 Å². The van der Waals surface area contributed by atoms with E-state index in [-0.39, 0.29) is 23.2 Å². The Morgan fingerprint density at radius 2 is 2.24 bits per heavy atom. The van der Waals surface area contributed by atoms with Crippen LogP contribution in [0.1, 0.15) is 0 Å². The Labute approximate surface area is 158 Å². The first-order chi connectivity index (χ1) is 12.0. The number of benzene rings is 1. The van der Waals surface area contributed by atoms with Crippen LogP contribution >= 0.6 is 35.1 Å². The van der Waals surface area contributed by atoms with Gasteiger partial charge in [-0.25, -0.2) is 9.37 Å². The average molecular weight is 397 g/mol. The summed E-state index contributed by atoms with van der Waals surface area (Å²) in [4.78, 5) is 15.3. The Kier molecular flexibility index (Phi) is 7.12. The van der Waals surface area contributed by atoms with Crippen LogP contribution in [0.2, 0.25) is 0 Å². The van der Waals surface area contributed by atoms with Crippen LogP contribution in [0, 0.1) is 17.1 Å². The van der Waals surface area contributed by atoms with Gasteiger partial charge in [0.05, 0.1) is 18.0 Å². The van der Waals surface area contributed by atoms with Crippen LogP contribution in [0.15, 0.2) is 47.5 Å². The number of aromatic nitrogens is 1. The topological polar surface area (TPSA) is 63.0 Å². The number of carbonyl (C=O) groups is 1. The number of ether oxygens (including phenoxy) is 1. The second kappa shape index (κ2) is 9.09. The molecule has 8 heteroatoms. The minimum atomic E-state index is -1.50. The molecule has 0 aliphatic rings. The van der Waals surface area contributed by atoms with Gasteiger partial charge in [-0.1, -0.05) is 17.7 Å².